The van der Waals surface area contributed by atoms with Crippen molar-refractivity contribution in [2.24, 2.45) is 17.8 Å². The predicted molar refractivity (Wildman–Crippen MR) is 297 cm³/mol. The van der Waals surface area contributed by atoms with Crippen LogP contribution < -0.4 is 0 Å². The molecule has 22 saturated heterocycles. The molecule has 0 aromatic carbocycles. The van der Waals surface area contributed by atoms with Crippen LogP contribution in [0.4, 0.5) is 0 Å². The molecule has 0 aromatic heterocycles. The van der Waals surface area contributed by atoms with Crippen LogP contribution in [0.15, 0.2) is 24.3 Å². The van der Waals surface area contributed by atoms with Crippen molar-refractivity contribution in [3.63, 3.8) is 0 Å². The van der Waals surface area contributed by atoms with Gasteiger partial charge in [-0.15, -0.1) is 0 Å². The van der Waals surface area contributed by atoms with E-state index in [1.54, 1.807) is 12.2 Å². The van der Waals surface area contributed by atoms with Gasteiger partial charge in [0.1, 0.15) is 152 Å². The van der Waals surface area contributed by atoms with Crippen molar-refractivity contribution in [1.29, 1.82) is 0 Å². The average molecular weight is 1340 g/mol. The Labute approximate surface area is 527 Å². The molecule has 0 spiro atoms. The van der Waals surface area contributed by atoms with Crippen LogP contribution >= 0.6 is 0 Å². The van der Waals surface area contributed by atoms with Gasteiger partial charge in [-0.05, 0) is 31.6 Å². The smallest absolute Gasteiger partial charge is 0.327 e. The van der Waals surface area contributed by atoms with Gasteiger partial charge in [-0.3, -0.25) is 4.79 Å². The van der Waals surface area contributed by atoms with Gasteiger partial charge < -0.3 is 164 Å². The van der Waals surface area contributed by atoms with Crippen LogP contribution in [0.5, 0.6) is 0 Å². The SMILES string of the molecule is CCCCC(C)CC(O)C=CC1C(O)CC(=O)C1CCCC=CC(=O)O.OCC1OC2OC3C(CO)OC(OC4C(CO)OC(OC5C(CO)OC(OC6C(CO)OC(OC7C(CO)OC(OC1C(O)C2O)C(O)C7O)C(O)C6O)C(O)C5O)C(O)C4O)C(O)C3O. The van der Waals surface area contributed by atoms with Crippen molar-refractivity contribution >= 4 is 11.8 Å². The third-order valence-electron chi connectivity index (χ3n) is 17.8. The molecule has 23 aliphatic rings. The number of hydrogen-bond donors (Lipinski definition) is 21. The van der Waals surface area contributed by atoms with E-state index < -0.39 is 242 Å². The fourth-order valence-corrected chi connectivity index (χ4v) is 12.6. The number of ether oxygens (including phenoxy) is 12. The highest BCUT2D eigenvalue weighted by Crippen LogP contribution is 2.39. The Bertz CT molecular complexity index is 2000. The zero-order chi connectivity index (χ0) is 67.6. The van der Waals surface area contributed by atoms with Crippen molar-refractivity contribution in [3.05, 3.63) is 24.3 Å². The van der Waals surface area contributed by atoms with Crippen LogP contribution in [0.3, 0.4) is 0 Å². The molecule has 21 N–H and O–H groups in total. The number of carboxylic acids is 1. The molecule has 92 heavy (non-hydrogen) atoms. The molecule has 22 aliphatic heterocycles. The van der Waals surface area contributed by atoms with E-state index in [1.165, 1.54) is 0 Å². The minimum Gasteiger partial charge on any atom is -0.478 e. The molecule has 12 bridgehead atoms. The van der Waals surface area contributed by atoms with Crippen LogP contribution in [0.2, 0.25) is 0 Å². The number of aliphatic hydroxyl groups excluding tert-OH is 20. The van der Waals surface area contributed by atoms with Gasteiger partial charge in [-0.1, -0.05) is 51.3 Å². The van der Waals surface area contributed by atoms with E-state index in [0.29, 0.717) is 31.6 Å². The number of allylic oxidation sites excluding steroid dienone is 1. The number of ketones is 1. The summed E-state index contributed by atoms with van der Waals surface area (Å²) < 4.78 is 67.9. The van der Waals surface area contributed by atoms with Crippen LogP contribution in [0.25, 0.3) is 0 Å². The first-order chi connectivity index (χ1) is 43.8. The number of hydrogen-bond acceptors (Lipinski definition) is 34. The van der Waals surface area contributed by atoms with Gasteiger partial charge in [0.05, 0.1) is 51.8 Å². The van der Waals surface area contributed by atoms with E-state index in [1.807, 2.05) is 6.08 Å². The molecular formula is C57H94O35. The number of aliphatic hydroxyl groups is 20. The molecule has 23 rings (SSSR count). The summed E-state index contributed by atoms with van der Waals surface area (Å²) in [6.45, 7) is -1.71. The van der Waals surface area contributed by atoms with E-state index in [0.717, 1.165) is 25.3 Å². The third kappa shape index (κ3) is 18.0. The number of carbonyl (C=O) groups excluding carboxylic acids is 1. The zero-order valence-corrected chi connectivity index (χ0v) is 50.5. The molecule has 23 fully saturated rings. The fraction of sp³-hybridized carbons (Fsp3) is 0.895. The average Bonchev–Trinajstić information content (AvgIpc) is 1.02. The maximum Gasteiger partial charge on any atom is 0.327 e. The van der Waals surface area contributed by atoms with Gasteiger partial charge in [0, 0.05) is 24.3 Å². The Balaban J connectivity index is 0.000000387. The maximum absolute atomic E-state index is 12.1. The quantitative estimate of drug-likeness (QED) is 0.0344. The number of rotatable bonds is 18. The molecule has 1 aliphatic carbocycles. The Morgan fingerprint density at radius 1 is 0.467 bits per heavy atom. The Hall–Kier alpha value is -2.66. The summed E-state index contributed by atoms with van der Waals surface area (Å²) in [7, 11) is 0. The van der Waals surface area contributed by atoms with Crippen molar-refractivity contribution < 1.29 is 174 Å². The largest absolute Gasteiger partial charge is 0.478 e. The Morgan fingerprint density at radius 2 is 0.761 bits per heavy atom. The van der Waals surface area contributed by atoms with Gasteiger partial charge in [-0.2, -0.15) is 0 Å². The van der Waals surface area contributed by atoms with E-state index in [2.05, 4.69) is 13.8 Å². The standard InChI is InChI=1S/C36H60O30.C21H34O5/c37-1-7-25-13(43)19(49)31(55-7)62-26-8(2-38)57-33(21(51)15(26)45)64-28-10(4-40)59-35(23(53)17(28)47)66-30-12(6-42)60-36(24(54)18(30)48)65-29-11(5-41)58-34(22(52)16(29)46)63-27-9(3-39)56-32(61-25)20(50)14(27)44;1-3-4-8-15(2)13-16(22)11-12-18-17(19(23)14-20(18)24)9-6-5-7-10-21(25)26/h7-54H,1-6H2;7,10-12,15-18,20,22,24H,3-6,8-9,13-14H2,1-2H3,(H,25,26). The lowest BCUT2D eigenvalue weighted by molar-refractivity contribution is -0.404. The molecule has 1 saturated carbocycles. The number of carbonyl (C=O) groups is 2. The molecular weight excluding hydrogens is 1240 g/mol. The lowest BCUT2D eigenvalue weighted by atomic mass is 9.88. The highest BCUT2D eigenvalue weighted by Gasteiger charge is 2.59. The Morgan fingerprint density at radius 3 is 1.02 bits per heavy atom. The van der Waals surface area contributed by atoms with Crippen molar-refractivity contribution in [3.8, 4) is 0 Å². The van der Waals surface area contributed by atoms with Gasteiger partial charge in [0.2, 0.25) is 0 Å². The molecule has 35 unspecified atom stereocenters. The first kappa shape index (κ1) is 76.7. The number of unbranched alkanes of at least 4 members (excludes halogenated alkanes) is 2. The van der Waals surface area contributed by atoms with E-state index >= 15 is 0 Å². The topological polar surface area (TPSA) is 570 Å². The van der Waals surface area contributed by atoms with Gasteiger partial charge in [0.15, 0.2) is 37.7 Å². The summed E-state index contributed by atoms with van der Waals surface area (Å²) >= 11 is 0. The number of Topliss-reactive ketones (excluding diaryl/α,β-unsaturated/α-hetero) is 1. The van der Waals surface area contributed by atoms with Crippen LogP contribution in [-0.2, 0) is 66.4 Å². The molecule has 0 aromatic rings. The zero-order valence-electron chi connectivity index (χ0n) is 50.5. The summed E-state index contributed by atoms with van der Waals surface area (Å²) in [4.78, 5) is 22.6. The van der Waals surface area contributed by atoms with Gasteiger partial charge in [0.25, 0.3) is 0 Å². The van der Waals surface area contributed by atoms with Gasteiger partial charge in [-0.25, -0.2) is 4.79 Å². The normalized spacial score (nSPS) is 47.1. The molecule has 0 radical (unpaired) electrons. The molecule has 0 amide bonds. The second-order valence-corrected chi connectivity index (χ2v) is 24.4. The second kappa shape index (κ2) is 35.2. The first-order valence-corrected chi connectivity index (χ1v) is 30.9. The van der Waals surface area contributed by atoms with E-state index in [9.17, 15) is 112 Å². The molecule has 22 heterocycles. The maximum atomic E-state index is 12.1. The van der Waals surface area contributed by atoms with Crippen molar-refractivity contribution in [1.82, 2.24) is 0 Å². The molecule has 532 valence electrons. The lowest BCUT2D eigenvalue weighted by Gasteiger charge is -2.50. The van der Waals surface area contributed by atoms with Crippen molar-refractivity contribution in [2.75, 3.05) is 39.6 Å². The summed E-state index contributed by atoms with van der Waals surface area (Å²) in [6, 6.07) is 0. The highest BCUT2D eigenvalue weighted by molar-refractivity contribution is 5.84. The monoisotopic (exact) mass is 1340 g/mol. The molecule has 35 heteroatoms. The van der Waals surface area contributed by atoms with Crippen LogP contribution in [0.1, 0.15) is 65.2 Å². The molecule has 35 atom stereocenters. The summed E-state index contributed by atoms with van der Waals surface area (Å²) in [5.41, 5.74) is 0. The van der Waals surface area contributed by atoms with E-state index in [-0.39, 0.29) is 24.0 Å². The molecule has 35 nitrogen and oxygen atoms in total. The number of carboxylic acid groups (broad SMARTS) is 1. The lowest BCUT2D eigenvalue weighted by Crippen LogP contribution is -2.69. The second-order valence-electron chi connectivity index (χ2n) is 24.4. The summed E-state index contributed by atoms with van der Waals surface area (Å²) in [5, 5.41) is 225. The fourth-order valence-electron chi connectivity index (χ4n) is 12.6. The van der Waals surface area contributed by atoms with Gasteiger partial charge >= 0.3 is 5.97 Å². The minimum atomic E-state index is -2.15. The highest BCUT2D eigenvalue weighted by atomic mass is 16.8. The summed E-state index contributed by atoms with van der Waals surface area (Å²) in [5.74, 6) is -0.974. The summed E-state index contributed by atoms with van der Waals surface area (Å²) in [6.07, 6.45) is -47.3. The first-order valence-electron chi connectivity index (χ1n) is 30.9. The third-order valence-corrected chi connectivity index (χ3v) is 17.8. The minimum absolute atomic E-state index is 0.0557. The predicted octanol–water partition coefficient (Wildman–Crippen LogP) is -9.56. The van der Waals surface area contributed by atoms with Crippen molar-refractivity contribution in [2.45, 2.75) is 262 Å². The van der Waals surface area contributed by atoms with Crippen LogP contribution in [-0.4, -0.2) is 355 Å². The van der Waals surface area contributed by atoms with Crippen LogP contribution in [0, 0.1) is 17.8 Å². The Kier molecular flexibility index (Phi) is 29.4. The number of aliphatic carboxylic acids is 1. The van der Waals surface area contributed by atoms with E-state index in [4.69, 9.17) is 61.9 Å².